The third kappa shape index (κ3) is 2.22. The van der Waals surface area contributed by atoms with Crippen molar-refractivity contribution in [3.05, 3.63) is 60.6 Å². The van der Waals surface area contributed by atoms with Gasteiger partial charge >= 0.3 is 0 Å². The number of nitrogens with zero attached hydrogens (tertiary/aromatic N) is 1. The largest absolute Gasteiger partial charge is 0.312 e. The number of carbonyl (C=O) groups excluding carboxylic acids is 1. The van der Waals surface area contributed by atoms with Gasteiger partial charge in [0.15, 0.2) is 0 Å². The minimum absolute atomic E-state index is 0.0375. The molecule has 0 bridgehead atoms. The van der Waals surface area contributed by atoms with Gasteiger partial charge in [0.25, 0.3) is 5.91 Å². The molecule has 2 rings (SSSR count). The van der Waals surface area contributed by atoms with Crippen LogP contribution in [0.15, 0.2) is 54.1 Å². The van der Waals surface area contributed by atoms with Crippen molar-refractivity contribution in [3.8, 4) is 0 Å². The van der Waals surface area contributed by atoms with Gasteiger partial charge in [-0.3, -0.25) is 4.79 Å². The van der Waals surface area contributed by atoms with Crippen molar-refractivity contribution in [1.29, 1.82) is 0 Å². The number of hydrogen-bond donors (Lipinski definition) is 0. The number of likely N-dealkylation sites (N-methyl/N-ethyl adjacent to an activating group) is 1. The summed E-state index contributed by atoms with van der Waals surface area (Å²) >= 11 is 0. The average Bonchev–Trinajstić information content (AvgIpc) is 2.39. The zero-order chi connectivity index (χ0) is 11.4. The van der Waals surface area contributed by atoms with Gasteiger partial charge in [-0.2, -0.15) is 0 Å². The summed E-state index contributed by atoms with van der Waals surface area (Å²) in [4.78, 5) is 13.8. The van der Waals surface area contributed by atoms with E-state index < -0.39 is 0 Å². The molecule has 0 spiro atoms. The summed E-state index contributed by atoms with van der Waals surface area (Å²) in [6.45, 7) is 0. The molecule has 0 aromatic heterocycles. The Morgan fingerprint density at radius 2 is 2.00 bits per heavy atom. The number of anilines is 1. The molecule has 1 aromatic rings. The number of carbonyl (C=O) groups is 1. The van der Waals surface area contributed by atoms with Gasteiger partial charge in [-0.15, -0.1) is 0 Å². The second-order valence-corrected chi connectivity index (χ2v) is 3.69. The van der Waals surface area contributed by atoms with Crippen LogP contribution in [0.4, 0.5) is 5.69 Å². The zero-order valence-electron chi connectivity index (χ0n) is 9.26. The third-order valence-electron chi connectivity index (χ3n) is 2.58. The van der Waals surface area contributed by atoms with E-state index in [4.69, 9.17) is 0 Å². The Morgan fingerprint density at radius 3 is 2.62 bits per heavy atom. The molecule has 0 unspecified atom stereocenters. The van der Waals surface area contributed by atoms with Crippen LogP contribution in [0.2, 0.25) is 0 Å². The Labute approximate surface area is 95.9 Å². The summed E-state index contributed by atoms with van der Waals surface area (Å²) < 4.78 is 0. The van der Waals surface area contributed by atoms with Crippen molar-refractivity contribution < 1.29 is 4.79 Å². The van der Waals surface area contributed by atoms with Crippen molar-refractivity contribution in [1.82, 2.24) is 0 Å². The zero-order valence-corrected chi connectivity index (χ0v) is 9.26. The number of hydrogen-bond acceptors (Lipinski definition) is 1. The minimum atomic E-state index is 0.0375. The van der Waals surface area contributed by atoms with Crippen LogP contribution in [0.1, 0.15) is 6.42 Å². The second kappa shape index (κ2) is 4.79. The van der Waals surface area contributed by atoms with Crippen molar-refractivity contribution in [2.75, 3.05) is 11.9 Å². The SMILES string of the molecule is CN(C(=O)C1=CC=CC[CH]1)c1ccccc1. The molecule has 2 heteroatoms. The van der Waals surface area contributed by atoms with Gasteiger partial charge < -0.3 is 4.90 Å². The van der Waals surface area contributed by atoms with Crippen LogP contribution >= 0.6 is 0 Å². The molecule has 81 valence electrons. The molecule has 1 aliphatic carbocycles. The predicted molar refractivity (Wildman–Crippen MR) is 66.0 cm³/mol. The fourth-order valence-electron chi connectivity index (χ4n) is 1.63. The van der Waals surface area contributed by atoms with Crippen molar-refractivity contribution >= 4 is 11.6 Å². The topological polar surface area (TPSA) is 20.3 Å². The summed E-state index contributed by atoms with van der Waals surface area (Å²) in [5.41, 5.74) is 1.67. The normalized spacial score (nSPS) is 14.4. The summed E-state index contributed by atoms with van der Waals surface area (Å²) in [7, 11) is 1.80. The molecule has 0 heterocycles. The van der Waals surface area contributed by atoms with Crippen LogP contribution in [-0.2, 0) is 4.79 Å². The summed E-state index contributed by atoms with van der Waals surface area (Å²) in [6, 6.07) is 9.65. The first-order chi connectivity index (χ1) is 7.79. The molecule has 2 nitrogen and oxygen atoms in total. The summed E-state index contributed by atoms with van der Waals surface area (Å²) in [5, 5.41) is 0. The lowest BCUT2D eigenvalue weighted by atomic mass is 10.0. The third-order valence-corrected chi connectivity index (χ3v) is 2.58. The monoisotopic (exact) mass is 212 g/mol. The van der Waals surface area contributed by atoms with Crippen LogP contribution in [0.25, 0.3) is 0 Å². The standard InChI is InChI=1S/C14H14NO/c1-15(13-10-6-3-7-11-13)14(16)12-8-4-2-5-9-12/h2-4,6-11H,5H2,1H3. The summed E-state index contributed by atoms with van der Waals surface area (Å²) in [5.74, 6) is 0.0375. The highest BCUT2D eigenvalue weighted by Gasteiger charge is 2.16. The number of amides is 1. The van der Waals surface area contributed by atoms with E-state index in [0.717, 1.165) is 17.7 Å². The van der Waals surface area contributed by atoms with Gasteiger partial charge in [0.1, 0.15) is 0 Å². The van der Waals surface area contributed by atoms with Gasteiger partial charge in [0.05, 0.1) is 0 Å². The van der Waals surface area contributed by atoms with Crippen LogP contribution in [0.3, 0.4) is 0 Å². The minimum Gasteiger partial charge on any atom is -0.312 e. The molecule has 0 N–H and O–H groups in total. The van der Waals surface area contributed by atoms with E-state index in [-0.39, 0.29) is 5.91 Å². The number of allylic oxidation sites excluding steroid dienone is 3. The van der Waals surface area contributed by atoms with E-state index in [1.807, 2.05) is 55.0 Å². The quantitative estimate of drug-likeness (QED) is 0.738. The molecular weight excluding hydrogens is 198 g/mol. The van der Waals surface area contributed by atoms with Gasteiger partial charge in [-0.25, -0.2) is 0 Å². The summed E-state index contributed by atoms with van der Waals surface area (Å²) in [6.07, 6.45) is 8.58. The molecule has 0 saturated heterocycles. The lowest BCUT2D eigenvalue weighted by molar-refractivity contribution is -0.114. The Kier molecular flexibility index (Phi) is 3.20. The van der Waals surface area contributed by atoms with E-state index >= 15 is 0 Å². The molecule has 0 aliphatic heterocycles. The molecule has 1 aromatic carbocycles. The first-order valence-electron chi connectivity index (χ1n) is 5.32. The predicted octanol–water partition coefficient (Wildman–Crippen LogP) is 2.74. The van der Waals surface area contributed by atoms with E-state index in [2.05, 4.69) is 0 Å². The number of para-hydroxylation sites is 1. The molecular formula is C14H14NO. The lowest BCUT2D eigenvalue weighted by Gasteiger charge is -2.19. The molecule has 1 aliphatic rings. The Hall–Kier alpha value is -1.83. The van der Waals surface area contributed by atoms with Crippen molar-refractivity contribution in [2.24, 2.45) is 0 Å². The van der Waals surface area contributed by atoms with Crippen LogP contribution < -0.4 is 4.90 Å². The lowest BCUT2D eigenvalue weighted by Crippen LogP contribution is -2.28. The Bertz CT molecular complexity index is 431. The van der Waals surface area contributed by atoms with Crippen LogP contribution in [0, 0.1) is 6.42 Å². The fourth-order valence-corrected chi connectivity index (χ4v) is 1.63. The highest BCUT2D eigenvalue weighted by atomic mass is 16.2. The molecule has 0 atom stereocenters. The fraction of sp³-hybridized carbons (Fsp3) is 0.143. The van der Waals surface area contributed by atoms with E-state index in [1.54, 1.807) is 11.9 Å². The maximum Gasteiger partial charge on any atom is 0.254 e. The van der Waals surface area contributed by atoms with E-state index in [0.29, 0.717) is 0 Å². The van der Waals surface area contributed by atoms with Crippen molar-refractivity contribution in [3.63, 3.8) is 0 Å². The Morgan fingerprint density at radius 1 is 1.25 bits per heavy atom. The molecule has 0 fully saturated rings. The number of benzene rings is 1. The van der Waals surface area contributed by atoms with Crippen LogP contribution in [-0.4, -0.2) is 13.0 Å². The van der Waals surface area contributed by atoms with E-state index in [1.165, 1.54) is 0 Å². The smallest absolute Gasteiger partial charge is 0.254 e. The van der Waals surface area contributed by atoms with Gasteiger partial charge in [0, 0.05) is 24.7 Å². The maximum atomic E-state index is 12.1. The highest BCUT2D eigenvalue weighted by Crippen LogP contribution is 2.18. The number of rotatable bonds is 2. The van der Waals surface area contributed by atoms with Crippen LogP contribution in [0.5, 0.6) is 0 Å². The van der Waals surface area contributed by atoms with E-state index in [9.17, 15) is 4.79 Å². The van der Waals surface area contributed by atoms with Gasteiger partial charge in [-0.1, -0.05) is 36.4 Å². The first-order valence-corrected chi connectivity index (χ1v) is 5.32. The molecule has 1 amide bonds. The highest BCUT2D eigenvalue weighted by molar-refractivity contribution is 6.06. The second-order valence-electron chi connectivity index (χ2n) is 3.69. The maximum absolute atomic E-state index is 12.1. The average molecular weight is 212 g/mol. The van der Waals surface area contributed by atoms with Crippen molar-refractivity contribution in [2.45, 2.75) is 6.42 Å². The molecule has 16 heavy (non-hydrogen) atoms. The van der Waals surface area contributed by atoms with Gasteiger partial charge in [-0.05, 0) is 18.6 Å². The Balaban J connectivity index is 2.16. The molecule has 1 radical (unpaired) electrons. The molecule has 0 saturated carbocycles. The first kappa shape index (κ1) is 10.7. The van der Waals surface area contributed by atoms with Gasteiger partial charge in [0.2, 0.25) is 0 Å².